The Hall–Kier alpha value is -3.41. The number of hydrogen-bond donors (Lipinski definition) is 1. The van der Waals surface area contributed by atoms with Gasteiger partial charge in [0.2, 0.25) is 0 Å². The number of aromatic nitrogens is 5. The first-order valence-electron chi connectivity index (χ1n) is 11.5. The fourth-order valence-corrected chi connectivity index (χ4v) is 4.47. The Morgan fingerprint density at radius 2 is 1.84 bits per heavy atom. The van der Waals surface area contributed by atoms with Crippen molar-refractivity contribution in [3.63, 3.8) is 0 Å². The lowest BCUT2D eigenvalue weighted by Crippen LogP contribution is -2.68. The molecule has 4 rings (SSSR count). The van der Waals surface area contributed by atoms with E-state index in [-0.39, 0.29) is 29.7 Å². The molecule has 0 spiro atoms. The molecule has 1 N–H and O–H groups in total. The molecule has 3 aromatic rings. The van der Waals surface area contributed by atoms with Gasteiger partial charge in [0, 0.05) is 18.4 Å². The van der Waals surface area contributed by atoms with Crippen LogP contribution in [0.5, 0.6) is 0 Å². The van der Waals surface area contributed by atoms with Gasteiger partial charge in [0.25, 0.3) is 5.91 Å². The molecule has 1 fully saturated rings. The number of anilines is 1. The second kappa shape index (κ2) is 9.81. The normalized spacial score (nSPS) is 20.6. The van der Waals surface area contributed by atoms with Crippen LogP contribution >= 0.6 is 0 Å². The molecule has 190 valence electrons. The lowest BCUT2D eigenvalue weighted by molar-refractivity contribution is -0.137. The van der Waals surface area contributed by atoms with Gasteiger partial charge in [0.15, 0.2) is 5.69 Å². The predicted molar refractivity (Wildman–Crippen MR) is 131 cm³/mol. The van der Waals surface area contributed by atoms with E-state index in [2.05, 4.69) is 25.5 Å². The number of morpholine rings is 1. The molecule has 0 unspecified atom stereocenters. The van der Waals surface area contributed by atoms with E-state index >= 15 is 0 Å². The highest BCUT2D eigenvalue weighted by molar-refractivity contribution is 6.42. The summed E-state index contributed by atoms with van der Waals surface area (Å²) in [7, 11) is 13.0. The van der Waals surface area contributed by atoms with Crippen molar-refractivity contribution in [3.8, 4) is 5.69 Å². The molecule has 37 heavy (non-hydrogen) atoms. The number of nitrogens with zero attached hydrogens (tertiary/aromatic N) is 6. The van der Waals surface area contributed by atoms with Gasteiger partial charge in [-0.2, -0.15) is 23.4 Å². The molecule has 1 saturated heterocycles. The Bertz CT molecular complexity index is 1290. The zero-order chi connectivity index (χ0) is 27.1. The zero-order valence-corrected chi connectivity index (χ0v) is 20.7. The first-order chi connectivity index (χ1) is 17.3. The largest absolute Gasteiger partial charge is 0.417 e. The molecule has 0 bridgehead atoms. The number of ether oxygens (including phenoxy) is 1. The monoisotopic (exact) mass is 509 g/mol. The van der Waals surface area contributed by atoms with Crippen molar-refractivity contribution in [2.75, 3.05) is 11.9 Å². The maximum Gasteiger partial charge on any atom is 0.417 e. The molecule has 3 atom stereocenters. The van der Waals surface area contributed by atoms with Gasteiger partial charge in [-0.3, -0.25) is 4.79 Å². The van der Waals surface area contributed by atoms with Crippen LogP contribution < -0.4 is 5.32 Å². The number of rotatable bonds is 5. The van der Waals surface area contributed by atoms with Gasteiger partial charge in [0.05, 0.1) is 51.9 Å². The summed E-state index contributed by atoms with van der Waals surface area (Å²) in [4.78, 5) is 25.0. The number of hydrogen-bond acceptors (Lipinski definition) is 7. The topological polar surface area (TPSA) is 98.1 Å². The second-order valence-corrected chi connectivity index (χ2v) is 9.14. The van der Waals surface area contributed by atoms with E-state index in [0.29, 0.717) is 17.6 Å². The Balaban J connectivity index is 1.71. The van der Waals surface area contributed by atoms with Crippen LogP contribution in [0.3, 0.4) is 0 Å². The molecule has 4 radical (unpaired) electrons. The minimum absolute atomic E-state index is 0.0475. The van der Waals surface area contributed by atoms with E-state index in [9.17, 15) is 18.0 Å². The third-order valence-corrected chi connectivity index (χ3v) is 6.02. The number of aryl methyl sites for hydroxylation is 2. The maximum atomic E-state index is 14.0. The van der Waals surface area contributed by atoms with Gasteiger partial charge in [-0.15, -0.1) is 4.80 Å². The molecule has 0 saturated carbocycles. The fraction of sp³-hybridized carbons (Fsp3) is 0.435. The molecule has 1 aliphatic heterocycles. The average Bonchev–Trinajstić information content (AvgIpc) is 3.33. The summed E-state index contributed by atoms with van der Waals surface area (Å²) < 4.78 is 45.2. The minimum atomic E-state index is -4.55. The molecule has 4 heterocycles. The van der Waals surface area contributed by atoms with Crippen LogP contribution in [0.2, 0.25) is 0 Å². The first kappa shape index (κ1) is 26.6. The van der Waals surface area contributed by atoms with E-state index in [1.165, 1.54) is 29.0 Å². The van der Waals surface area contributed by atoms with E-state index < -0.39 is 35.1 Å². The number of carbonyl (C=O) groups is 1. The lowest BCUT2D eigenvalue weighted by atomic mass is 9.55. The number of carbonyl (C=O) groups excluding carboxylic acids is 1. The molecule has 9 nitrogen and oxygen atoms in total. The van der Waals surface area contributed by atoms with Crippen LogP contribution in [0.15, 0.2) is 36.8 Å². The summed E-state index contributed by atoms with van der Waals surface area (Å²) in [6, 6.07) is 3.40. The van der Waals surface area contributed by atoms with Gasteiger partial charge in [-0.25, -0.2) is 9.97 Å². The number of halogens is 3. The molecular formula is C23H24B2F3N7O2. The third-order valence-electron chi connectivity index (χ3n) is 6.02. The summed E-state index contributed by atoms with van der Waals surface area (Å²) in [5.41, 5.74) is 0.319. The SMILES string of the molecule is [B]C([B])(Nc1ncc(C(F)(F)F)cc1C)[C@@H]1[C@H](C)O[C@H](C)CN1C(=O)c1nc(C)ccc1-n1nccn1. The van der Waals surface area contributed by atoms with Crippen LogP contribution in [-0.2, 0) is 10.9 Å². The second-order valence-electron chi connectivity index (χ2n) is 9.14. The van der Waals surface area contributed by atoms with Gasteiger partial charge in [-0.05, 0) is 56.8 Å². The molecule has 14 heteroatoms. The first-order valence-corrected chi connectivity index (χ1v) is 11.5. The smallest absolute Gasteiger partial charge is 0.379 e. The molecule has 0 aliphatic carbocycles. The van der Waals surface area contributed by atoms with Crippen LogP contribution in [0.25, 0.3) is 5.69 Å². The van der Waals surface area contributed by atoms with E-state index in [4.69, 9.17) is 20.4 Å². The van der Waals surface area contributed by atoms with Crippen molar-refractivity contribution < 1.29 is 22.7 Å². The highest BCUT2D eigenvalue weighted by Crippen LogP contribution is 2.32. The quantitative estimate of drug-likeness (QED) is 0.528. The fourth-order valence-electron chi connectivity index (χ4n) is 4.47. The summed E-state index contributed by atoms with van der Waals surface area (Å²) in [6.45, 7) is 6.84. The Morgan fingerprint density at radius 3 is 2.46 bits per heavy atom. The van der Waals surface area contributed by atoms with Crippen molar-refractivity contribution in [2.24, 2.45) is 0 Å². The van der Waals surface area contributed by atoms with Crippen molar-refractivity contribution in [3.05, 3.63) is 59.3 Å². The van der Waals surface area contributed by atoms with Gasteiger partial charge in [0.1, 0.15) is 11.5 Å². The van der Waals surface area contributed by atoms with E-state index in [1.54, 1.807) is 32.9 Å². The minimum Gasteiger partial charge on any atom is -0.379 e. The number of pyridine rings is 2. The van der Waals surface area contributed by atoms with Gasteiger partial charge in [-0.1, -0.05) is 0 Å². The summed E-state index contributed by atoms with van der Waals surface area (Å²) in [5, 5.41) is 9.20. The van der Waals surface area contributed by atoms with Crippen molar-refractivity contribution in [1.82, 2.24) is 29.9 Å². The van der Waals surface area contributed by atoms with Crippen LogP contribution in [0.4, 0.5) is 19.0 Å². The van der Waals surface area contributed by atoms with Crippen LogP contribution in [-0.4, -0.2) is 81.6 Å². The summed E-state index contributed by atoms with van der Waals surface area (Å²) in [5.74, 6) is -0.437. The molecule has 3 aromatic heterocycles. The van der Waals surface area contributed by atoms with E-state index in [0.717, 1.165) is 6.07 Å². The standard InChI is InChI=1S/C23H24B2F3N7O2/c1-12-9-16(23(26,27)28)10-29-20(12)33-22(24,25)19-15(4)37-14(3)11-34(19)21(36)18-17(6-5-13(2)32-18)35-30-7-8-31-35/h5-10,14-15,19H,11H2,1-4H3,(H,29,33)/t14-,15+,19+/m1/s1. The number of amides is 1. The highest BCUT2D eigenvalue weighted by atomic mass is 19.4. The Kier molecular flexibility index (Phi) is 7.06. The zero-order valence-electron chi connectivity index (χ0n) is 20.7. The van der Waals surface area contributed by atoms with Crippen molar-refractivity contribution >= 4 is 27.4 Å². The van der Waals surface area contributed by atoms with Crippen LogP contribution in [0.1, 0.15) is 41.2 Å². The average molecular weight is 509 g/mol. The molecule has 0 aromatic carbocycles. The number of nitrogens with one attached hydrogen (secondary N) is 1. The maximum absolute atomic E-state index is 14.0. The van der Waals surface area contributed by atoms with Crippen molar-refractivity contribution in [1.29, 1.82) is 0 Å². The third kappa shape index (κ3) is 5.48. The van der Waals surface area contributed by atoms with Crippen molar-refractivity contribution in [2.45, 2.75) is 57.5 Å². The summed E-state index contributed by atoms with van der Waals surface area (Å²) in [6.07, 6.45) is -1.91. The molecule has 1 amide bonds. The Morgan fingerprint density at radius 1 is 1.16 bits per heavy atom. The molecular weight excluding hydrogens is 485 g/mol. The highest BCUT2D eigenvalue weighted by Gasteiger charge is 2.45. The predicted octanol–water partition coefficient (Wildman–Crippen LogP) is 2.41. The lowest BCUT2D eigenvalue weighted by Gasteiger charge is -2.51. The molecule has 1 aliphatic rings. The van der Waals surface area contributed by atoms with Crippen LogP contribution in [0, 0.1) is 13.8 Å². The van der Waals surface area contributed by atoms with Gasteiger partial charge < -0.3 is 15.0 Å². The van der Waals surface area contributed by atoms with Gasteiger partial charge >= 0.3 is 6.18 Å². The summed E-state index contributed by atoms with van der Waals surface area (Å²) >= 11 is 0. The number of alkyl halides is 3. The Labute approximate surface area is 214 Å². The van der Waals surface area contributed by atoms with E-state index in [1.807, 2.05) is 0 Å².